The van der Waals surface area contributed by atoms with Gasteiger partial charge in [0.15, 0.2) is 0 Å². The monoisotopic (exact) mass is 279 g/mol. The second-order valence-corrected chi connectivity index (χ2v) is 5.87. The predicted molar refractivity (Wildman–Crippen MR) is 79.9 cm³/mol. The Morgan fingerprint density at radius 1 is 1.35 bits per heavy atom. The first-order chi connectivity index (χ1) is 7.74. The molecule has 0 aromatic heterocycles. The van der Waals surface area contributed by atoms with Crippen molar-refractivity contribution in [2.45, 2.75) is 50.7 Å². The van der Waals surface area contributed by atoms with E-state index in [0.717, 1.165) is 23.8 Å². The van der Waals surface area contributed by atoms with Crippen molar-refractivity contribution in [1.82, 2.24) is 0 Å². The zero-order valence-electron chi connectivity index (χ0n) is 10.5. The van der Waals surface area contributed by atoms with Crippen LogP contribution >= 0.6 is 24.2 Å². The first-order valence-electron chi connectivity index (χ1n) is 6.36. The minimum Gasteiger partial charge on any atom is -0.391 e. The van der Waals surface area contributed by atoms with Gasteiger partial charge in [-0.1, -0.05) is 38.2 Å². The van der Waals surface area contributed by atoms with Crippen molar-refractivity contribution in [3.63, 3.8) is 0 Å². The molecule has 1 saturated carbocycles. The predicted octanol–water partition coefficient (Wildman–Crippen LogP) is 2.99. The van der Waals surface area contributed by atoms with Crippen LogP contribution in [0.4, 0.5) is 0 Å². The van der Waals surface area contributed by atoms with Gasteiger partial charge in [-0.15, -0.1) is 19.0 Å². The summed E-state index contributed by atoms with van der Waals surface area (Å²) in [5.41, 5.74) is 6.04. The van der Waals surface area contributed by atoms with Crippen molar-refractivity contribution >= 4 is 24.2 Å². The third kappa shape index (κ3) is 7.35. The fourth-order valence-corrected chi connectivity index (χ4v) is 3.15. The van der Waals surface area contributed by atoms with Crippen molar-refractivity contribution in [2.75, 3.05) is 11.5 Å². The molecule has 17 heavy (non-hydrogen) atoms. The van der Waals surface area contributed by atoms with Crippen molar-refractivity contribution in [1.29, 1.82) is 0 Å². The number of halogens is 1. The van der Waals surface area contributed by atoms with Gasteiger partial charge in [0.25, 0.3) is 0 Å². The minimum atomic E-state index is -0.355. The minimum absolute atomic E-state index is 0. The lowest BCUT2D eigenvalue weighted by molar-refractivity contribution is 0.147. The number of nitrogens with two attached hydrogens (primary N) is 1. The maximum absolute atomic E-state index is 9.89. The summed E-state index contributed by atoms with van der Waals surface area (Å²) in [5.74, 6) is 2.38. The average molecular weight is 280 g/mol. The SMILES string of the molecule is C=CCSCC(O)C(N)CC1CCCCC1.Cl. The van der Waals surface area contributed by atoms with Gasteiger partial charge >= 0.3 is 0 Å². The Labute approximate surface area is 116 Å². The third-order valence-electron chi connectivity index (χ3n) is 3.35. The van der Waals surface area contributed by atoms with E-state index in [-0.39, 0.29) is 24.6 Å². The van der Waals surface area contributed by atoms with E-state index in [1.54, 1.807) is 11.8 Å². The van der Waals surface area contributed by atoms with Crippen LogP contribution in [0.15, 0.2) is 12.7 Å². The van der Waals surface area contributed by atoms with Gasteiger partial charge in [-0.05, 0) is 12.3 Å². The number of aliphatic hydroxyl groups is 1. The Morgan fingerprint density at radius 3 is 2.59 bits per heavy atom. The quantitative estimate of drug-likeness (QED) is 0.556. The van der Waals surface area contributed by atoms with Crippen LogP contribution in [0, 0.1) is 5.92 Å². The van der Waals surface area contributed by atoms with E-state index in [9.17, 15) is 5.11 Å². The van der Waals surface area contributed by atoms with Gasteiger partial charge in [0.1, 0.15) is 0 Å². The molecule has 2 nitrogen and oxygen atoms in total. The van der Waals surface area contributed by atoms with Gasteiger partial charge in [-0.2, -0.15) is 11.8 Å². The summed E-state index contributed by atoms with van der Waals surface area (Å²) < 4.78 is 0. The van der Waals surface area contributed by atoms with Crippen LogP contribution in [0.3, 0.4) is 0 Å². The molecule has 0 aliphatic heterocycles. The molecule has 3 N–H and O–H groups in total. The first-order valence-corrected chi connectivity index (χ1v) is 7.51. The van der Waals surface area contributed by atoms with E-state index in [2.05, 4.69) is 6.58 Å². The van der Waals surface area contributed by atoms with Crippen LogP contribution in [0.5, 0.6) is 0 Å². The highest BCUT2D eigenvalue weighted by atomic mass is 35.5. The van der Waals surface area contributed by atoms with Gasteiger partial charge in [0.2, 0.25) is 0 Å². The van der Waals surface area contributed by atoms with Crippen LogP contribution in [0.1, 0.15) is 38.5 Å². The summed E-state index contributed by atoms with van der Waals surface area (Å²) in [6, 6.07) is -0.0413. The average Bonchev–Trinajstić information content (AvgIpc) is 2.30. The molecule has 0 heterocycles. The number of thioether (sulfide) groups is 1. The highest BCUT2D eigenvalue weighted by molar-refractivity contribution is 7.99. The fourth-order valence-electron chi connectivity index (χ4n) is 2.36. The molecule has 2 atom stereocenters. The lowest BCUT2D eigenvalue weighted by Crippen LogP contribution is -2.38. The van der Waals surface area contributed by atoms with E-state index in [1.165, 1.54) is 32.1 Å². The third-order valence-corrected chi connectivity index (χ3v) is 4.40. The van der Waals surface area contributed by atoms with Crippen molar-refractivity contribution < 1.29 is 5.11 Å². The summed E-state index contributed by atoms with van der Waals surface area (Å²) in [7, 11) is 0. The van der Waals surface area contributed by atoms with Gasteiger partial charge in [-0.25, -0.2) is 0 Å². The molecule has 1 aliphatic rings. The molecule has 0 bridgehead atoms. The Kier molecular flexibility index (Phi) is 10.4. The van der Waals surface area contributed by atoms with E-state index in [1.807, 2.05) is 6.08 Å². The molecule has 4 heteroatoms. The zero-order valence-corrected chi connectivity index (χ0v) is 12.1. The summed E-state index contributed by atoms with van der Waals surface area (Å²) in [6.45, 7) is 3.66. The Bertz CT molecular complexity index is 198. The molecule has 0 radical (unpaired) electrons. The highest BCUT2D eigenvalue weighted by Gasteiger charge is 2.21. The molecule has 0 aromatic carbocycles. The summed E-state index contributed by atoms with van der Waals surface area (Å²) in [5, 5.41) is 9.89. The molecule has 1 fully saturated rings. The van der Waals surface area contributed by atoms with Crippen LogP contribution in [0.2, 0.25) is 0 Å². The van der Waals surface area contributed by atoms with Gasteiger partial charge in [0.05, 0.1) is 6.10 Å². The first kappa shape index (κ1) is 17.3. The van der Waals surface area contributed by atoms with E-state index in [4.69, 9.17) is 5.73 Å². The lowest BCUT2D eigenvalue weighted by atomic mass is 9.84. The van der Waals surface area contributed by atoms with Crippen LogP contribution < -0.4 is 5.73 Å². The molecule has 2 unspecified atom stereocenters. The molecular formula is C13H26ClNOS. The Morgan fingerprint density at radius 2 is 2.00 bits per heavy atom. The largest absolute Gasteiger partial charge is 0.391 e. The van der Waals surface area contributed by atoms with Gasteiger partial charge < -0.3 is 10.8 Å². The molecular weight excluding hydrogens is 254 g/mol. The molecule has 102 valence electrons. The topological polar surface area (TPSA) is 46.2 Å². The number of rotatable bonds is 7. The van der Waals surface area contributed by atoms with Crippen molar-refractivity contribution in [3.05, 3.63) is 12.7 Å². The lowest BCUT2D eigenvalue weighted by Gasteiger charge is -2.26. The standard InChI is InChI=1S/C13H25NOS.ClH/c1-2-8-16-10-13(15)12(14)9-11-6-4-3-5-7-11;/h2,11-13,15H,1,3-10,14H2;1H. The fraction of sp³-hybridized carbons (Fsp3) is 0.846. The second-order valence-electron chi connectivity index (χ2n) is 4.80. The Hall–Kier alpha value is 0.300. The van der Waals surface area contributed by atoms with Crippen molar-refractivity contribution in [2.24, 2.45) is 11.7 Å². The van der Waals surface area contributed by atoms with Crippen LogP contribution in [-0.2, 0) is 0 Å². The van der Waals surface area contributed by atoms with Crippen molar-refractivity contribution in [3.8, 4) is 0 Å². The molecule has 0 aromatic rings. The van der Waals surface area contributed by atoms with E-state index in [0.29, 0.717) is 0 Å². The van der Waals surface area contributed by atoms with Gasteiger partial charge in [-0.3, -0.25) is 0 Å². The van der Waals surface area contributed by atoms with Gasteiger partial charge in [0, 0.05) is 17.5 Å². The van der Waals surface area contributed by atoms with E-state index < -0.39 is 0 Å². The second kappa shape index (κ2) is 10.2. The summed E-state index contributed by atoms with van der Waals surface area (Å²) in [6.07, 6.45) is 9.19. The smallest absolute Gasteiger partial charge is 0.0781 e. The Balaban J connectivity index is 0.00000256. The molecule has 1 aliphatic carbocycles. The summed E-state index contributed by atoms with van der Waals surface area (Å²) in [4.78, 5) is 0. The highest BCUT2D eigenvalue weighted by Crippen LogP contribution is 2.27. The van der Waals surface area contributed by atoms with Crippen LogP contribution in [0.25, 0.3) is 0 Å². The van der Waals surface area contributed by atoms with E-state index >= 15 is 0 Å². The number of aliphatic hydroxyl groups excluding tert-OH is 1. The maximum atomic E-state index is 9.89. The normalized spacial score (nSPS) is 20.4. The van der Waals surface area contributed by atoms with Crippen LogP contribution in [-0.4, -0.2) is 28.8 Å². The molecule has 1 rings (SSSR count). The number of hydrogen-bond acceptors (Lipinski definition) is 3. The molecule has 0 saturated heterocycles. The molecule has 0 amide bonds. The summed E-state index contributed by atoms with van der Waals surface area (Å²) >= 11 is 1.70. The molecule has 0 spiro atoms. The number of hydrogen-bond donors (Lipinski definition) is 2. The maximum Gasteiger partial charge on any atom is 0.0781 e. The zero-order chi connectivity index (χ0) is 11.8.